The molecule has 0 saturated carbocycles. The van der Waals surface area contributed by atoms with Gasteiger partial charge in [-0.3, -0.25) is 4.79 Å². The summed E-state index contributed by atoms with van der Waals surface area (Å²) in [5.74, 6) is 1.31. The van der Waals surface area contributed by atoms with Crippen molar-refractivity contribution >= 4 is 17.1 Å². The van der Waals surface area contributed by atoms with Crippen LogP contribution in [0.15, 0.2) is 23.6 Å². The molecule has 2 rings (SSSR count). The van der Waals surface area contributed by atoms with E-state index in [2.05, 4.69) is 0 Å². The molecular weight excluding hydrogens is 288 g/mol. The summed E-state index contributed by atoms with van der Waals surface area (Å²) >= 11 is 1.44. The van der Waals surface area contributed by atoms with E-state index >= 15 is 0 Å². The smallest absolute Gasteiger partial charge is 0.207 e. The van der Waals surface area contributed by atoms with E-state index in [1.165, 1.54) is 25.6 Å². The molecule has 2 aromatic rings. The molecule has 112 valence electrons. The molecule has 0 aliphatic carbocycles. The highest BCUT2D eigenvalue weighted by molar-refractivity contribution is 7.12. The zero-order chi connectivity index (χ0) is 15.4. The molecule has 21 heavy (non-hydrogen) atoms. The monoisotopic (exact) mass is 306 g/mol. The van der Waals surface area contributed by atoms with Gasteiger partial charge < -0.3 is 14.2 Å². The highest BCUT2D eigenvalue weighted by atomic mass is 32.1. The Morgan fingerprint density at radius 1 is 1.05 bits per heavy atom. The Hall–Kier alpha value is -2.01. The zero-order valence-electron chi connectivity index (χ0n) is 12.6. The molecule has 1 aromatic heterocycles. The van der Waals surface area contributed by atoms with Crippen LogP contribution in [0, 0.1) is 0 Å². The molecular formula is C16H18O4S. The molecule has 0 saturated heterocycles. The number of aryl methyl sites for hydroxylation is 1. The summed E-state index contributed by atoms with van der Waals surface area (Å²) in [4.78, 5) is 13.5. The molecule has 5 heteroatoms. The SMILES string of the molecule is CCc1ccsc1C(=O)c1ccc(OC)c(OC)c1OC. The summed E-state index contributed by atoms with van der Waals surface area (Å²) in [6, 6.07) is 5.40. The van der Waals surface area contributed by atoms with Crippen molar-refractivity contribution in [3.63, 3.8) is 0 Å². The minimum atomic E-state index is -0.0559. The van der Waals surface area contributed by atoms with Gasteiger partial charge in [-0.2, -0.15) is 0 Å². The Kier molecular flexibility index (Phi) is 4.85. The number of carbonyl (C=O) groups is 1. The summed E-state index contributed by atoms with van der Waals surface area (Å²) in [6.07, 6.45) is 0.820. The van der Waals surface area contributed by atoms with Crippen molar-refractivity contribution in [2.45, 2.75) is 13.3 Å². The Bertz CT molecular complexity index is 646. The first kappa shape index (κ1) is 15.4. The van der Waals surface area contributed by atoms with Crippen molar-refractivity contribution in [2.24, 2.45) is 0 Å². The Balaban J connectivity index is 2.56. The van der Waals surface area contributed by atoms with Crippen LogP contribution in [-0.2, 0) is 6.42 Å². The number of carbonyl (C=O) groups excluding carboxylic acids is 1. The standard InChI is InChI=1S/C16H18O4S/c1-5-10-8-9-21-16(10)13(17)11-6-7-12(18-2)15(20-4)14(11)19-3/h6-9H,5H2,1-4H3. The third-order valence-electron chi connectivity index (χ3n) is 3.28. The lowest BCUT2D eigenvalue weighted by atomic mass is 10.0. The first-order valence-corrected chi connectivity index (χ1v) is 7.45. The van der Waals surface area contributed by atoms with Crippen LogP contribution in [0.3, 0.4) is 0 Å². The molecule has 0 amide bonds. The van der Waals surface area contributed by atoms with E-state index in [0.29, 0.717) is 22.8 Å². The van der Waals surface area contributed by atoms with Gasteiger partial charge in [0.25, 0.3) is 0 Å². The van der Waals surface area contributed by atoms with E-state index < -0.39 is 0 Å². The van der Waals surface area contributed by atoms with Crippen molar-refractivity contribution in [3.8, 4) is 17.2 Å². The first-order valence-electron chi connectivity index (χ1n) is 6.57. The van der Waals surface area contributed by atoms with Crippen molar-refractivity contribution in [3.05, 3.63) is 39.6 Å². The van der Waals surface area contributed by atoms with E-state index in [1.54, 1.807) is 19.2 Å². The van der Waals surface area contributed by atoms with E-state index in [-0.39, 0.29) is 5.78 Å². The first-order chi connectivity index (χ1) is 10.2. The lowest BCUT2D eigenvalue weighted by molar-refractivity contribution is 0.103. The fraction of sp³-hybridized carbons (Fsp3) is 0.312. The predicted octanol–water partition coefficient (Wildman–Crippen LogP) is 3.57. The van der Waals surface area contributed by atoms with Gasteiger partial charge in [-0.15, -0.1) is 11.3 Å². The second-order valence-corrected chi connectivity index (χ2v) is 5.26. The average molecular weight is 306 g/mol. The van der Waals surface area contributed by atoms with Crippen LogP contribution in [0.1, 0.15) is 27.7 Å². The van der Waals surface area contributed by atoms with E-state index in [4.69, 9.17) is 14.2 Å². The molecule has 0 unspecified atom stereocenters. The number of thiophene rings is 1. The van der Waals surface area contributed by atoms with Crippen LogP contribution in [0.25, 0.3) is 0 Å². The number of methoxy groups -OCH3 is 3. The molecule has 4 nitrogen and oxygen atoms in total. The van der Waals surface area contributed by atoms with Gasteiger partial charge in [-0.05, 0) is 35.6 Å². The van der Waals surface area contributed by atoms with Gasteiger partial charge in [0, 0.05) is 0 Å². The fourth-order valence-corrected chi connectivity index (χ4v) is 3.16. The maximum Gasteiger partial charge on any atom is 0.207 e. The Morgan fingerprint density at radius 2 is 1.76 bits per heavy atom. The third kappa shape index (κ3) is 2.74. The lowest BCUT2D eigenvalue weighted by Gasteiger charge is -2.15. The molecule has 0 fully saturated rings. The molecule has 0 spiro atoms. The topological polar surface area (TPSA) is 44.8 Å². The summed E-state index contributed by atoms with van der Waals surface area (Å²) < 4.78 is 15.9. The quantitative estimate of drug-likeness (QED) is 0.765. The summed E-state index contributed by atoms with van der Waals surface area (Å²) in [7, 11) is 4.59. The maximum absolute atomic E-state index is 12.8. The number of ketones is 1. The van der Waals surface area contributed by atoms with Gasteiger partial charge in [-0.25, -0.2) is 0 Å². The zero-order valence-corrected chi connectivity index (χ0v) is 13.4. The van der Waals surface area contributed by atoms with Crippen LogP contribution in [0.2, 0.25) is 0 Å². The van der Waals surface area contributed by atoms with Crippen LogP contribution < -0.4 is 14.2 Å². The minimum Gasteiger partial charge on any atom is -0.493 e. The second-order valence-electron chi connectivity index (χ2n) is 4.34. The van der Waals surface area contributed by atoms with Gasteiger partial charge in [0.15, 0.2) is 11.5 Å². The molecule has 0 atom stereocenters. The van der Waals surface area contributed by atoms with Crippen molar-refractivity contribution < 1.29 is 19.0 Å². The van der Waals surface area contributed by atoms with Gasteiger partial charge in [0.2, 0.25) is 11.5 Å². The summed E-state index contributed by atoms with van der Waals surface area (Å²) in [5.41, 5.74) is 1.52. The largest absolute Gasteiger partial charge is 0.493 e. The van der Waals surface area contributed by atoms with Gasteiger partial charge >= 0.3 is 0 Å². The Labute approximate surface area is 128 Å². The number of hydrogen-bond acceptors (Lipinski definition) is 5. The van der Waals surface area contributed by atoms with Crippen LogP contribution in [0.5, 0.6) is 17.2 Å². The molecule has 1 aromatic carbocycles. The lowest BCUT2D eigenvalue weighted by Crippen LogP contribution is -2.06. The van der Waals surface area contributed by atoms with E-state index in [9.17, 15) is 4.79 Å². The van der Waals surface area contributed by atoms with Crippen molar-refractivity contribution in [1.29, 1.82) is 0 Å². The molecule has 0 bridgehead atoms. The van der Waals surface area contributed by atoms with E-state index in [1.807, 2.05) is 18.4 Å². The highest BCUT2D eigenvalue weighted by Gasteiger charge is 2.23. The number of hydrogen-bond donors (Lipinski definition) is 0. The molecule has 1 heterocycles. The van der Waals surface area contributed by atoms with Crippen LogP contribution in [-0.4, -0.2) is 27.1 Å². The normalized spacial score (nSPS) is 10.3. The van der Waals surface area contributed by atoms with Crippen molar-refractivity contribution in [1.82, 2.24) is 0 Å². The highest BCUT2D eigenvalue weighted by Crippen LogP contribution is 2.41. The summed E-state index contributed by atoms with van der Waals surface area (Å²) in [5, 5.41) is 1.93. The molecule has 0 radical (unpaired) electrons. The van der Waals surface area contributed by atoms with E-state index in [0.717, 1.165) is 16.9 Å². The third-order valence-corrected chi connectivity index (χ3v) is 4.24. The Morgan fingerprint density at radius 3 is 2.33 bits per heavy atom. The predicted molar refractivity (Wildman–Crippen MR) is 83.2 cm³/mol. The summed E-state index contributed by atoms with van der Waals surface area (Å²) in [6.45, 7) is 2.03. The maximum atomic E-state index is 12.8. The van der Waals surface area contributed by atoms with Gasteiger partial charge in [-0.1, -0.05) is 6.92 Å². The minimum absolute atomic E-state index is 0.0559. The van der Waals surface area contributed by atoms with Gasteiger partial charge in [0.1, 0.15) is 0 Å². The fourth-order valence-electron chi connectivity index (χ4n) is 2.22. The van der Waals surface area contributed by atoms with Crippen LogP contribution >= 0.6 is 11.3 Å². The van der Waals surface area contributed by atoms with Crippen molar-refractivity contribution in [2.75, 3.05) is 21.3 Å². The molecule has 0 aliphatic heterocycles. The van der Waals surface area contributed by atoms with Crippen LogP contribution in [0.4, 0.5) is 0 Å². The average Bonchev–Trinajstić information content (AvgIpc) is 3.00. The molecule has 0 aliphatic rings. The number of ether oxygens (including phenoxy) is 3. The number of rotatable bonds is 6. The van der Waals surface area contributed by atoms with Gasteiger partial charge in [0.05, 0.1) is 31.8 Å². The molecule has 0 N–H and O–H groups in total. The second kappa shape index (κ2) is 6.63. The number of benzene rings is 1.